The van der Waals surface area contributed by atoms with Gasteiger partial charge >= 0.3 is 0 Å². The minimum Gasteiger partial charge on any atom is -0.381 e. The van der Waals surface area contributed by atoms with Crippen molar-refractivity contribution in [2.45, 2.75) is 19.9 Å². The predicted octanol–water partition coefficient (Wildman–Crippen LogP) is 4.00. The third-order valence-corrected chi connectivity index (χ3v) is 2.84. The molecule has 1 N–H and O–H groups in total. The number of benzene rings is 2. The Morgan fingerprint density at radius 3 is 2.47 bits per heavy atom. The fraction of sp³-hybridized carbons (Fsp3) is 0.200. The van der Waals surface area contributed by atoms with Crippen LogP contribution in [0.25, 0.3) is 0 Å². The van der Waals surface area contributed by atoms with Crippen molar-refractivity contribution in [2.75, 3.05) is 5.32 Å². The molecule has 0 amide bonds. The fourth-order valence-corrected chi connectivity index (χ4v) is 1.88. The number of halogens is 1. The van der Waals surface area contributed by atoms with Gasteiger partial charge in [0.25, 0.3) is 0 Å². The summed E-state index contributed by atoms with van der Waals surface area (Å²) in [4.78, 5) is 0. The summed E-state index contributed by atoms with van der Waals surface area (Å²) in [6, 6.07) is 15.1. The van der Waals surface area contributed by atoms with Gasteiger partial charge < -0.3 is 5.32 Å². The lowest BCUT2D eigenvalue weighted by atomic mass is 10.0. The van der Waals surface area contributed by atoms with E-state index in [4.69, 9.17) is 0 Å². The zero-order valence-corrected chi connectivity index (χ0v) is 9.91. The summed E-state index contributed by atoms with van der Waals surface area (Å²) in [6.07, 6.45) is 0.851. The fourth-order valence-electron chi connectivity index (χ4n) is 1.88. The molecule has 1 nitrogen and oxygen atoms in total. The molecule has 0 aliphatic rings. The van der Waals surface area contributed by atoms with Crippen molar-refractivity contribution in [2.24, 2.45) is 0 Å². The first-order valence-electron chi connectivity index (χ1n) is 5.86. The molecule has 0 aliphatic carbocycles. The highest BCUT2D eigenvalue weighted by atomic mass is 19.1. The summed E-state index contributed by atoms with van der Waals surface area (Å²) < 4.78 is 13.7. The second-order valence-corrected chi connectivity index (χ2v) is 3.95. The topological polar surface area (TPSA) is 12.0 Å². The average molecular weight is 229 g/mol. The van der Waals surface area contributed by atoms with Crippen LogP contribution in [0, 0.1) is 5.82 Å². The van der Waals surface area contributed by atoms with Crippen molar-refractivity contribution >= 4 is 5.69 Å². The Hall–Kier alpha value is -1.83. The summed E-state index contributed by atoms with van der Waals surface area (Å²) in [5.41, 5.74) is 2.84. The van der Waals surface area contributed by atoms with Crippen LogP contribution in [0.15, 0.2) is 48.5 Å². The van der Waals surface area contributed by atoms with Crippen LogP contribution < -0.4 is 5.32 Å². The van der Waals surface area contributed by atoms with E-state index in [1.807, 2.05) is 43.3 Å². The van der Waals surface area contributed by atoms with Crippen molar-refractivity contribution in [3.8, 4) is 0 Å². The lowest BCUT2D eigenvalue weighted by Gasteiger charge is -2.11. The van der Waals surface area contributed by atoms with E-state index >= 15 is 0 Å². The second kappa shape index (κ2) is 5.48. The molecule has 2 rings (SSSR count). The van der Waals surface area contributed by atoms with E-state index in [2.05, 4.69) is 5.32 Å². The number of para-hydroxylation sites is 1. The first kappa shape index (κ1) is 11.6. The number of nitrogens with one attached hydrogen (secondary N) is 1. The van der Waals surface area contributed by atoms with Crippen LogP contribution in [0.1, 0.15) is 18.1 Å². The number of anilines is 1. The Balaban J connectivity index is 2.14. The lowest BCUT2D eigenvalue weighted by Crippen LogP contribution is -2.05. The highest BCUT2D eigenvalue weighted by Gasteiger charge is 2.06. The Morgan fingerprint density at radius 2 is 1.76 bits per heavy atom. The van der Waals surface area contributed by atoms with Crippen molar-refractivity contribution in [1.82, 2.24) is 0 Å². The van der Waals surface area contributed by atoms with Crippen LogP contribution in [-0.4, -0.2) is 0 Å². The molecule has 2 aromatic carbocycles. The Bertz CT molecular complexity index is 480. The third-order valence-electron chi connectivity index (χ3n) is 2.84. The third kappa shape index (κ3) is 2.84. The number of hydrogen-bond donors (Lipinski definition) is 1. The largest absolute Gasteiger partial charge is 0.381 e. The Morgan fingerprint density at radius 1 is 1.00 bits per heavy atom. The molecule has 2 aromatic rings. The lowest BCUT2D eigenvalue weighted by molar-refractivity contribution is 0.609. The molecule has 0 saturated carbocycles. The first-order valence-corrected chi connectivity index (χ1v) is 5.86. The molecule has 0 spiro atoms. The van der Waals surface area contributed by atoms with E-state index in [9.17, 15) is 4.39 Å². The zero-order chi connectivity index (χ0) is 12.1. The quantitative estimate of drug-likeness (QED) is 0.835. The smallest absolute Gasteiger partial charge is 0.128 e. The van der Waals surface area contributed by atoms with Gasteiger partial charge in [0.2, 0.25) is 0 Å². The number of hydrogen-bond acceptors (Lipinski definition) is 1. The Labute approximate surface area is 101 Å². The van der Waals surface area contributed by atoms with Gasteiger partial charge in [-0.3, -0.25) is 0 Å². The van der Waals surface area contributed by atoms with Crippen LogP contribution in [0.2, 0.25) is 0 Å². The van der Waals surface area contributed by atoms with Crippen LogP contribution in [0.4, 0.5) is 10.1 Å². The summed E-state index contributed by atoms with van der Waals surface area (Å²) in [5.74, 6) is -0.132. The minimum atomic E-state index is -0.132. The zero-order valence-electron chi connectivity index (χ0n) is 9.91. The molecule has 0 bridgehead atoms. The van der Waals surface area contributed by atoms with Crippen molar-refractivity contribution in [3.63, 3.8) is 0 Å². The number of aryl methyl sites for hydroxylation is 1. The maximum absolute atomic E-state index is 13.7. The summed E-state index contributed by atoms with van der Waals surface area (Å²) >= 11 is 0. The molecule has 0 aromatic heterocycles. The van der Waals surface area contributed by atoms with E-state index in [1.165, 1.54) is 6.07 Å². The molecule has 0 heterocycles. The average Bonchev–Trinajstić information content (AvgIpc) is 2.38. The normalized spacial score (nSPS) is 10.2. The van der Waals surface area contributed by atoms with Crippen molar-refractivity contribution in [3.05, 3.63) is 65.5 Å². The maximum atomic E-state index is 13.7. The van der Waals surface area contributed by atoms with Gasteiger partial charge in [-0.25, -0.2) is 4.39 Å². The minimum absolute atomic E-state index is 0.132. The molecule has 0 aliphatic heterocycles. The van der Waals surface area contributed by atoms with Gasteiger partial charge in [-0.1, -0.05) is 37.3 Å². The molecule has 0 saturated heterocycles. The molecule has 2 heteroatoms. The first-order chi connectivity index (χ1) is 8.31. The SMILES string of the molecule is CCc1cccc(F)c1CNc1ccccc1. The van der Waals surface area contributed by atoms with Crippen LogP contribution >= 0.6 is 0 Å². The van der Waals surface area contributed by atoms with E-state index in [1.54, 1.807) is 6.07 Å². The second-order valence-electron chi connectivity index (χ2n) is 3.95. The van der Waals surface area contributed by atoms with Crippen LogP contribution in [0.3, 0.4) is 0 Å². The highest BCUT2D eigenvalue weighted by Crippen LogP contribution is 2.16. The summed E-state index contributed by atoms with van der Waals surface area (Å²) in [6.45, 7) is 2.57. The molecule has 88 valence electrons. The molecule has 0 fully saturated rings. The van der Waals surface area contributed by atoms with E-state index in [-0.39, 0.29) is 5.82 Å². The van der Waals surface area contributed by atoms with Crippen LogP contribution in [-0.2, 0) is 13.0 Å². The van der Waals surface area contributed by atoms with E-state index in [0.29, 0.717) is 6.54 Å². The Kier molecular flexibility index (Phi) is 3.76. The molecular weight excluding hydrogens is 213 g/mol. The molecule has 17 heavy (non-hydrogen) atoms. The summed E-state index contributed by atoms with van der Waals surface area (Å²) in [5, 5.41) is 3.24. The van der Waals surface area contributed by atoms with Crippen molar-refractivity contribution < 1.29 is 4.39 Å². The summed E-state index contributed by atoms with van der Waals surface area (Å²) in [7, 11) is 0. The maximum Gasteiger partial charge on any atom is 0.128 e. The molecule has 0 radical (unpaired) electrons. The van der Waals surface area contributed by atoms with Gasteiger partial charge in [-0.05, 0) is 30.2 Å². The van der Waals surface area contributed by atoms with Gasteiger partial charge in [-0.15, -0.1) is 0 Å². The van der Waals surface area contributed by atoms with Gasteiger partial charge in [0.05, 0.1) is 0 Å². The molecule has 0 unspecified atom stereocenters. The van der Waals surface area contributed by atoms with Gasteiger partial charge in [0.15, 0.2) is 0 Å². The van der Waals surface area contributed by atoms with Gasteiger partial charge in [0, 0.05) is 17.8 Å². The molecular formula is C15H16FN. The monoisotopic (exact) mass is 229 g/mol. The van der Waals surface area contributed by atoms with Gasteiger partial charge in [0.1, 0.15) is 5.82 Å². The van der Waals surface area contributed by atoms with Crippen molar-refractivity contribution in [1.29, 1.82) is 0 Å². The highest BCUT2D eigenvalue weighted by molar-refractivity contribution is 5.44. The molecule has 0 atom stereocenters. The number of rotatable bonds is 4. The van der Waals surface area contributed by atoms with E-state index < -0.39 is 0 Å². The predicted molar refractivity (Wildman–Crippen MR) is 69.5 cm³/mol. The standard InChI is InChI=1S/C15H16FN/c1-2-12-7-6-10-15(16)14(12)11-17-13-8-4-3-5-9-13/h3-10,17H,2,11H2,1H3. The van der Waals surface area contributed by atoms with Gasteiger partial charge in [-0.2, -0.15) is 0 Å². The van der Waals surface area contributed by atoms with E-state index in [0.717, 1.165) is 23.2 Å². The van der Waals surface area contributed by atoms with Crippen LogP contribution in [0.5, 0.6) is 0 Å².